The average molecular weight is 539 g/mol. The number of para-hydroxylation sites is 1. The van der Waals surface area contributed by atoms with Gasteiger partial charge in [-0.3, -0.25) is 0 Å². The summed E-state index contributed by atoms with van der Waals surface area (Å²) < 4.78 is 2.66. The minimum atomic E-state index is 0.743. The van der Waals surface area contributed by atoms with E-state index >= 15 is 0 Å². The summed E-state index contributed by atoms with van der Waals surface area (Å²) in [6.45, 7) is 0. The van der Waals surface area contributed by atoms with Crippen molar-refractivity contribution in [3.63, 3.8) is 0 Å². The first-order valence-corrected chi connectivity index (χ1v) is 14.7. The normalized spacial score (nSPS) is 11.9. The summed E-state index contributed by atoms with van der Waals surface area (Å²) in [6, 6.07) is 47.6. The predicted octanol–water partition coefficient (Wildman–Crippen LogP) is 10.8. The molecule has 3 heteroatoms. The molecule has 0 radical (unpaired) electrons. The summed E-state index contributed by atoms with van der Waals surface area (Å²) in [5, 5.41) is 11.4. The summed E-state index contributed by atoms with van der Waals surface area (Å²) in [4.78, 5) is 10.2. The van der Waals surface area contributed by atoms with E-state index < -0.39 is 0 Å². The summed E-state index contributed by atoms with van der Waals surface area (Å²) >= 11 is 1.87. The van der Waals surface area contributed by atoms with Gasteiger partial charge in [-0.15, -0.1) is 11.3 Å². The predicted molar refractivity (Wildman–Crippen MR) is 176 cm³/mol. The lowest BCUT2D eigenvalue weighted by Crippen LogP contribution is -1.95. The molecule has 0 N–H and O–H groups in total. The highest BCUT2D eigenvalue weighted by atomic mass is 32.1. The smallest absolute Gasteiger partial charge is 0.160 e. The Balaban J connectivity index is 1.37. The summed E-state index contributed by atoms with van der Waals surface area (Å²) in [5.74, 6) is 0.743. The van der Waals surface area contributed by atoms with E-state index in [9.17, 15) is 0 Å². The van der Waals surface area contributed by atoms with Crippen molar-refractivity contribution in [1.29, 1.82) is 0 Å². The lowest BCUT2D eigenvalue weighted by Gasteiger charge is -2.14. The van der Waals surface area contributed by atoms with E-state index in [1.807, 2.05) is 23.5 Å². The van der Waals surface area contributed by atoms with Gasteiger partial charge in [0.1, 0.15) is 0 Å². The van der Waals surface area contributed by atoms with Gasteiger partial charge in [-0.2, -0.15) is 0 Å². The van der Waals surface area contributed by atoms with E-state index in [2.05, 4.69) is 121 Å². The number of hydrogen-bond donors (Lipinski definition) is 0. The standard InChI is InChI=1S/C38H22N2S/c1-2-10-23(11-3-1)37-29-14-6-8-16-32(29)39-38(40-37)24-18-19-26-28-20-21-34-36(30-15-7-9-17-33(30)41-34)35(28)27-13-5-4-12-25(27)31(26)22-24/h1-22H. The Hall–Kier alpha value is -5.12. The van der Waals surface area contributed by atoms with Crippen molar-refractivity contribution in [2.45, 2.75) is 0 Å². The van der Waals surface area contributed by atoms with E-state index in [4.69, 9.17) is 9.97 Å². The summed E-state index contributed by atoms with van der Waals surface area (Å²) in [7, 11) is 0. The number of nitrogens with zero attached hydrogens (tertiary/aromatic N) is 2. The molecule has 0 bridgehead atoms. The third-order valence-corrected chi connectivity index (χ3v) is 9.38. The zero-order chi connectivity index (χ0) is 26.9. The number of aromatic nitrogens is 2. The molecule has 2 heterocycles. The Morgan fingerprint density at radius 1 is 0.390 bits per heavy atom. The third kappa shape index (κ3) is 3.36. The van der Waals surface area contributed by atoms with Gasteiger partial charge >= 0.3 is 0 Å². The van der Waals surface area contributed by atoms with Crippen LogP contribution in [0.5, 0.6) is 0 Å². The maximum atomic E-state index is 5.15. The van der Waals surface area contributed by atoms with Gasteiger partial charge < -0.3 is 0 Å². The zero-order valence-corrected chi connectivity index (χ0v) is 22.8. The maximum Gasteiger partial charge on any atom is 0.160 e. The van der Waals surface area contributed by atoms with Gasteiger partial charge in [-0.05, 0) is 56.6 Å². The van der Waals surface area contributed by atoms with Crippen molar-refractivity contribution in [2.75, 3.05) is 0 Å². The molecule has 0 aliphatic heterocycles. The molecule has 41 heavy (non-hydrogen) atoms. The second-order valence-electron chi connectivity index (χ2n) is 10.5. The van der Waals surface area contributed by atoms with Gasteiger partial charge in [0, 0.05) is 36.7 Å². The fourth-order valence-electron chi connectivity index (χ4n) is 6.42. The van der Waals surface area contributed by atoms with Gasteiger partial charge in [0.05, 0.1) is 11.2 Å². The fourth-order valence-corrected chi connectivity index (χ4v) is 7.53. The van der Waals surface area contributed by atoms with E-state index in [1.54, 1.807) is 0 Å². The van der Waals surface area contributed by atoms with Crippen molar-refractivity contribution in [1.82, 2.24) is 9.97 Å². The van der Waals surface area contributed by atoms with E-state index in [1.165, 1.54) is 52.5 Å². The van der Waals surface area contributed by atoms with Crippen LogP contribution in [0.3, 0.4) is 0 Å². The lowest BCUT2D eigenvalue weighted by molar-refractivity contribution is 1.23. The quantitative estimate of drug-likeness (QED) is 0.205. The molecule has 0 spiro atoms. The van der Waals surface area contributed by atoms with E-state index in [0.29, 0.717) is 0 Å². The van der Waals surface area contributed by atoms with Crippen molar-refractivity contribution in [3.05, 3.63) is 133 Å². The van der Waals surface area contributed by atoms with Crippen LogP contribution in [0, 0.1) is 0 Å². The Morgan fingerprint density at radius 3 is 1.93 bits per heavy atom. The Kier molecular flexibility index (Phi) is 4.80. The van der Waals surface area contributed by atoms with Crippen LogP contribution >= 0.6 is 11.3 Å². The van der Waals surface area contributed by atoms with Crippen LogP contribution in [0.4, 0.5) is 0 Å². The maximum absolute atomic E-state index is 5.15. The monoisotopic (exact) mass is 538 g/mol. The molecule has 0 atom stereocenters. The first-order chi connectivity index (χ1) is 20.3. The topological polar surface area (TPSA) is 25.8 Å². The number of benzene rings is 7. The van der Waals surface area contributed by atoms with Crippen LogP contribution in [0.2, 0.25) is 0 Å². The largest absolute Gasteiger partial charge is 0.228 e. The molecule has 2 nitrogen and oxygen atoms in total. The Bertz CT molecular complexity index is 2450. The first-order valence-electron chi connectivity index (χ1n) is 13.8. The fraction of sp³-hybridized carbons (Fsp3) is 0. The van der Waals surface area contributed by atoms with Gasteiger partial charge in [0.2, 0.25) is 0 Å². The highest BCUT2D eigenvalue weighted by Crippen LogP contribution is 2.44. The van der Waals surface area contributed by atoms with Crippen molar-refractivity contribution in [3.8, 4) is 22.6 Å². The molecule has 0 aliphatic rings. The molecule has 9 rings (SSSR count). The molecule has 0 amide bonds. The summed E-state index contributed by atoms with van der Waals surface area (Å²) in [6.07, 6.45) is 0. The average Bonchev–Trinajstić information content (AvgIpc) is 3.43. The molecule has 0 saturated carbocycles. The molecule has 0 fully saturated rings. The molecular weight excluding hydrogens is 516 g/mol. The molecule has 0 saturated heterocycles. The van der Waals surface area contributed by atoms with Crippen LogP contribution < -0.4 is 0 Å². The molecule has 9 aromatic rings. The first kappa shape index (κ1) is 22.7. The van der Waals surface area contributed by atoms with E-state index in [-0.39, 0.29) is 0 Å². The van der Waals surface area contributed by atoms with E-state index in [0.717, 1.165) is 33.5 Å². The van der Waals surface area contributed by atoms with Crippen LogP contribution in [-0.4, -0.2) is 9.97 Å². The van der Waals surface area contributed by atoms with Gasteiger partial charge in [-0.1, -0.05) is 109 Å². The zero-order valence-electron chi connectivity index (χ0n) is 22.0. The van der Waals surface area contributed by atoms with Crippen molar-refractivity contribution < 1.29 is 0 Å². The van der Waals surface area contributed by atoms with Crippen LogP contribution in [-0.2, 0) is 0 Å². The van der Waals surface area contributed by atoms with Crippen molar-refractivity contribution >= 4 is 74.7 Å². The summed E-state index contributed by atoms with van der Waals surface area (Å²) in [5.41, 5.74) is 4.02. The number of rotatable bonds is 2. The van der Waals surface area contributed by atoms with Crippen LogP contribution in [0.1, 0.15) is 0 Å². The van der Waals surface area contributed by atoms with Crippen molar-refractivity contribution in [2.24, 2.45) is 0 Å². The van der Waals surface area contributed by atoms with Crippen LogP contribution in [0.15, 0.2) is 133 Å². The lowest BCUT2D eigenvalue weighted by atomic mass is 9.91. The Morgan fingerprint density at radius 2 is 1.05 bits per heavy atom. The second-order valence-corrected chi connectivity index (χ2v) is 11.6. The highest BCUT2D eigenvalue weighted by molar-refractivity contribution is 7.26. The number of thiophene rings is 1. The number of fused-ring (bicyclic) bond motifs is 11. The molecule has 190 valence electrons. The molecule has 2 aromatic heterocycles. The Labute approximate surface area is 240 Å². The second kappa shape index (κ2) is 8.69. The number of hydrogen-bond acceptors (Lipinski definition) is 3. The molecular formula is C38H22N2S. The highest BCUT2D eigenvalue weighted by Gasteiger charge is 2.17. The SMILES string of the molecule is c1ccc(-c2nc(-c3ccc4c(c3)c3ccccc3c3c4ccc4sc5ccccc5c43)nc3ccccc23)cc1. The molecule has 7 aromatic carbocycles. The minimum absolute atomic E-state index is 0.743. The van der Waals surface area contributed by atoms with Gasteiger partial charge in [0.25, 0.3) is 0 Å². The van der Waals surface area contributed by atoms with Gasteiger partial charge in [0.15, 0.2) is 5.82 Å². The van der Waals surface area contributed by atoms with Gasteiger partial charge in [-0.25, -0.2) is 9.97 Å². The minimum Gasteiger partial charge on any atom is -0.228 e. The van der Waals surface area contributed by atoms with Crippen LogP contribution in [0.25, 0.3) is 86.0 Å². The molecule has 0 aliphatic carbocycles. The molecule has 0 unspecified atom stereocenters. The third-order valence-electron chi connectivity index (χ3n) is 8.25.